The summed E-state index contributed by atoms with van der Waals surface area (Å²) in [6, 6.07) is 0. The minimum atomic E-state index is -4.28. The van der Waals surface area contributed by atoms with Crippen molar-refractivity contribution in [3.63, 3.8) is 0 Å². The van der Waals surface area contributed by atoms with Crippen molar-refractivity contribution in [3.05, 3.63) is 0 Å². The molecular weight excluding hydrogens is 191 g/mol. The van der Waals surface area contributed by atoms with Crippen LogP contribution in [0.2, 0.25) is 0 Å². The Morgan fingerprint density at radius 2 is 2.00 bits per heavy atom. The van der Waals surface area contributed by atoms with Crippen LogP contribution in [0.25, 0.3) is 0 Å². The topological polar surface area (TPSA) is 26.3 Å². The van der Waals surface area contributed by atoms with E-state index in [0.717, 1.165) is 0 Å². The predicted octanol–water partition coefficient (Wildman–Crippen LogP) is 2.85. The molecule has 0 radical (unpaired) electrons. The molecule has 0 bridgehead atoms. The van der Waals surface area contributed by atoms with Gasteiger partial charge in [0.1, 0.15) is 6.61 Å². The lowest BCUT2D eigenvalue weighted by molar-refractivity contribution is -0.139. The SMILES string of the molecule is O=[P+](Cl)OCCC(F)(F)F. The molecule has 0 fully saturated rings. The first-order valence-electron chi connectivity index (χ1n) is 2.24. The second-order valence-electron chi connectivity index (χ2n) is 1.41. The molecule has 0 heterocycles. The number of alkyl halides is 3. The lowest BCUT2D eigenvalue weighted by Gasteiger charge is -2.00. The first kappa shape index (κ1) is 10.1. The van der Waals surface area contributed by atoms with Gasteiger partial charge in [-0.15, -0.1) is 4.52 Å². The Morgan fingerprint density at radius 3 is 2.30 bits per heavy atom. The molecular formula is C3H4ClF3O2P+. The first-order valence-corrected chi connectivity index (χ1v) is 4.33. The summed E-state index contributed by atoms with van der Waals surface area (Å²) in [5, 5.41) is 0. The van der Waals surface area contributed by atoms with Crippen LogP contribution in [0.15, 0.2) is 0 Å². The fraction of sp³-hybridized carbons (Fsp3) is 1.00. The summed E-state index contributed by atoms with van der Waals surface area (Å²) in [4.78, 5) is 0. The summed E-state index contributed by atoms with van der Waals surface area (Å²) in [7, 11) is -2.43. The normalized spacial score (nSPS) is 13.4. The van der Waals surface area contributed by atoms with Crippen LogP contribution in [-0.4, -0.2) is 12.8 Å². The molecule has 0 amide bonds. The summed E-state index contributed by atoms with van der Waals surface area (Å²) in [5.41, 5.74) is 0. The van der Waals surface area contributed by atoms with Gasteiger partial charge >= 0.3 is 13.6 Å². The molecule has 0 rings (SSSR count). The van der Waals surface area contributed by atoms with Gasteiger partial charge in [-0.2, -0.15) is 13.2 Å². The van der Waals surface area contributed by atoms with E-state index in [1.807, 2.05) is 0 Å². The third-order valence-electron chi connectivity index (χ3n) is 0.578. The monoisotopic (exact) mass is 195 g/mol. The van der Waals surface area contributed by atoms with E-state index in [1.165, 1.54) is 0 Å². The summed E-state index contributed by atoms with van der Waals surface area (Å²) in [6.07, 6.45) is -5.40. The maximum atomic E-state index is 11.3. The maximum Gasteiger partial charge on any atom is 0.633 e. The smallest absolute Gasteiger partial charge is 0.171 e. The molecule has 0 aliphatic carbocycles. The van der Waals surface area contributed by atoms with E-state index in [9.17, 15) is 17.7 Å². The molecule has 0 saturated carbocycles. The highest BCUT2D eigenvalue weighted by Gasteiger charge is 2.28. The van der Waals surface area contributed by atoms with Gasteiger partial charge in [-0.1, -0.05) is 0 Å². The van der Waals surface area contributed by atoms with Gasteiger partial charge in [0, 0.05) is 0 Å². The van der Waals surface area contributed by atoms with Crippen LogP contribution in [0.4, 0.5) is 13.2 Å². The summed E-state index contributed by atoms with van der Waals surface area (Å²) in [6.45, 7) is -0.651. The zero-order chi connectivity index (χ0) is 8.20. The summed E-state index contributed by atoms with van der Waals surface area (Å²) < 4.78 is 47.7. The largest absolute Gasteiger partial charge is 0.633 e. The van der Waals surface area contributed by atoms with Crippen molar-refractivity contribution in [2.75, 3.05) is 6.61 Å². The highest BCUT2D eigenvalue weighted by molar-refractivity contribution is 7.69. The Bertz CT molecular complexity index is 125. The number of hydrogen-bond donors (Lipinski definition) is 0. The Balaban J connectivity index is 3.29. The van der Waals surface area contributed by atoms with Crippen molar-refractivity contribution in [1.82, 2.24) is 0 Å². The van der Waals surface area contributed by atoms with Crippen molar-refractivity contribution < 1.29 is 22.3 Å². The van der Waals surface area contributed by atoms with Crippen LogP contribution < -0.4 is 0 Å². The van der Waals surface area contributed by atoms with Gasteiger partial charge in [0.25, 0.3) is 0 Å². The van der Waals surface area contributed by atoms with Crippen molar-refractivity contribution in [2.45, 2.75) is 12.6 Å². The van der Waals surface area contributed by atoms with Gasteiger partial charge in [0.2, 0.25) is 11.2 Å². The molecule has 0 spiro atoms. The molecule has 7 heteroatoms. The third-order valence-corrected chi connectivity index (χ3v) is 1.26. The van der Waals surface area contributed by atoms with Crippen molar-refractivity contribution in [1.29, 1.82) is 0 Å². The van der Waals surface area contributed by atoms with E-state index in [4.69, 9.17) is 11.2 Å². The molecule has 0 N–H and O–H groups in total. The van der Waals surface area contributed by atoms with Gasteiger partial charge in [0.15, 0.2) is 0 Å². The number of hydrogen-bond acceptors (Lipinski definition) is 2. The summed E-state index contributed by atoms with van der Waals surface area (Å²) in [5.74, 6) is 0. The minimum Gasteiger partial charge on any atom is -0.171 e. The Kier molecular flexibility index (Phi) is 4.17. The van der Waals surface area contributed by atoms with Crippen LogP contribution in [0.3, 0.4) is 0 Å². The van der Waals surface area contributed by atoms with Gasteiger partial charge < -0.3 is 0 Å². The standard InChI is InChI=1S/C3H4ClF3O2P/c4-10(8)9-2-1-3(5,6)7/h1-2H2/q+1. The predicted molar refractivity (Wildman–Crippen MR) is 30.1 cm³/mol. The van der Waals surface area contributed by atoms with Crippen molar-refractivity contribution in [2.24, 2.45) is 0 Å². The lowest BCUT2D eigenvalue weighted by atomic mass is 10.5. The van der Waals surface area contributed by atoms with Crippen LogP contribution in [0.5, 0.6) is 0 Å². The first-order chi connectivity index (χ1) is 4.42. The second-order valence-corrected chi connectivity index (χ2v) is 2.92. The molecule has 1 unspecified atom stereocenters. The zero-order valence-corrected chi connectivity index (χ0v) is 6.34. The van der Waals surface area contributed by atoms with Crippen LogP contribution in [0, 0.1) is 0 Å². The van der Waals surface area contributed by atoms with Gasteiger partial charge in [-0.05, 0) is 4.57 Å². The lowest BCUT2D eigenvalue weighted by Crippen LogP contribution is -2.09. The van der Waals surface area contributed by atoms with E-state index in [1.54, 1.807) is 0 Å². The van der Waals surface area contributed by atoms with Crippen LogP contribution >= 0.6 is 18.6 Å². The molecule has 0 aromatic carbocycles. The van der Waals surface area contributed by atoms with Crippen molar-refractivity contribution >= 4 is 18.6 Å². The van der Waals surface area contributed by atoms with E-state index in [-0.39, 0.29) is 0 Å². The van der Waals surface area contributed by atoms with Gasteiger partial charge in [0.05, 0.1) is 6.42 Å². The summed E-state index contributed by atoms with van der Waals surface area (Å²) >= 11 is 4.73. The highest BCUT2D eigenvalue weighted by Crippen LogP contribution is 2.29. The molecule has 0 saturated heterocycles. The van der Waals surface area contributed by atoms with E-state index in [2.05, 4.69) is 4.52 Å². The average molecular weight is 195 g/mol. The molecule has 10 heavy (non-hydrogen) atoms. The average Bonchev–Trinajstić information content (AvgIpc) is 1.59. The highest BCUT2D eigenvalue weighted by atomic mass is 35.7. The number of rotatable bonds is 3. The van der Waals surface area contributed by atoms with E-state index >= 15 is 0 Å². The second kappa shape index (κ2) is 4.11. The minimum absolute atomic E-state index is 0.651. The molecule has 0 aliphatic heterocycles. The van der Waals surface area contributed by atoms with Crippen molar-refractivity contribution in [3.8, 4) is 0 Å². The Hall–Kier alpha value is 0.140. The maximum absolute atomic E-state index is 11.3. The third kappa shape index (κ3) is 8.14. The molecule has 60 valence electrons. The fourth-order valence-electron chi connectivity index (χ4n) is 0.233. The van der Waals surface area contributed by atoms with E-state index < -0.39 is 26.6 Å². The van der Waals surface area contributed by atoms with Crippen LogP contribution in [0.1, 0.15) is 6.42 Å². The molecule has 0 aliphatic rings. The Labute approximate surface area is 61.0 Å². The molecule has 1 atom stereocenters. The zero-order valence-electron chi connectivity index (χ0n) is 4.69. The fourth-order valence-corrected chi connectivity index (χ4v) is 0.675. The molecule has 0 aromatic heterocycles. The van der Waals surface area contributed by atoms with E-state index in [0.29, 0.717) is 0 Å². The number of halogens is 4. The van der Waals surface area contributed by atoms with Crippen LogP contribution in [-0.2, 0) is 9.09 Å². The molecule has 0 aromatic rings. The molecule has 2 nitrogen and oxygen atoms in total. The Morgan fingerprint density at radius 1 is 1.50 bits per heavy atom. The van der Waals surface area contributed by atoms with Gasteiger partial charge in [-0.25, -0.2) is 0 Å². The van der Waals surface area contributed by atoms with Gasteiger partial charge in [-0.3, -0.25) is 0 Å². The quantitative estimate of drug-likeness (QED) is 0.647.